The summed E-state index contributed by atoms with van der Waals surface area (Å²) in [4.78, 5) is 20.9. The second kappa shape index (κ2) is 7.84. The van der Waals surface area contributed by atoms with E-state index in [1.807, 2.05) is 31.2 Å². The molecule has 0 aliphatic carbocycles. The van der Waals surface area contributed by atoms with E-state index in [1.54, 1.807) is 31.4 Å². The summed E-state index contributed by atoms with van der Waals surface area (Å²) in [6.45, 7) is 1.92. The van der Waals surface area contributed by atoms with Crippen LogP contribution in [0.15, 0.2) is 54.7 Å². The normalized spacial score (nSPS) is 10.3. The first kappa shape index (κ1) is 17.7. The zero-order chi connectivity index (χ0) is 18.5. The first-order valence-electron chi connectivity index (χ1n) is 7.87. The van der Waals surface area contributed by atoms with Crippen LogP contribution in [0.25, 0.3) is 0 Å². The highest BCUT2D eigenvalue weighted by atomic mass is 35.5. The van der Waals surface area contributed by atoms with E-state index in [0.29, 0.717) is 22.4 Å². The maximum absolute atomic E-state index is 12.5. The van der Waals surface area contributed by atoms with Gasteiger partial charge < -0.3 is 15.4 Å². The largest absolute Gasteiger partial charge is 0.495 e. The lowest BCUT2D eigenvalue weighted by Crippen LogP contribution is -2.15. The third kappa shape index (κ3) is 4.10. The van der Waals surface area contributed by atoms with Gasteiger partial charge in [-0.25, -0.2) is 9.97 Å². The van der Waals surface area contributed by atoms with Crippen molar-refractivity contribution in [2.45, 2.75) is 6.92 Å². The van der Waals surface area contributed by atoms with Gasteiger partial charge in [-0.05, 0) is 48.9 Å². The number of nitrogens with one attached hydrogen (secondary N) is 2. The van der Waals surface area contributed by atoms with Crippen LogP contribution in [-0.4, -0.2) is 23.0 Å². The van der Waals surface area contributed by atoms with E-state index in [0.717, 1.165) is 11.3 Å². The van der Waals surface area contributed by atoms with Crippen molar-refractivity contribution in [3.8, 4) is 5.75 Å². The van der Waals surface area contributed by atoms with Gasteiger partial charge in [0, 0.05) is 16.9 Å². The van der Waals surface area contributed by atoms with Crippen molar-refractivity contribution in [3.05, 3.63) is 71.0 Å². The highest BCUT2D eigenvalue weighted by molar-refractivity contribution is 6.30. The number of ether oxygens (including phenoxy) is 1. The maximum Gasteiger partial charge on any atom is 0.274 e. The molecular weight excluding hydrogens is 352 g/mol. The molecule has 2 aromatic carbocycles. The van der Waals surface area contributed by atoms with Crippen LogP contribution in [0.2, 0.25) is 5.02 Å². The average molecular weight is 369 g/mol. The van der Waals surface area contributed by atoms with E-state index in [1.165, 1.54) is 6.20 Å². The zero-order valence-corrected chi connectivity index (χ0v) is 15.0. The molecule has 3 rings (SSSR count). The maximum atomic E-state index is 12.5. The molecule has 2 N–H and O–H groups in total. The molecule has 0 fully saturated rings. The molecule has 0 radical (unpaired) electrons. The Morgan fingerprint density at radius 3 is 2.69 bits per heavy atom. The number of aryl methyl sites for hydroxylation is 1. The topological polar surface area (TPSA) is 76.1 Å². The van der Waals surface area contributed by atoms with Crippen molar-refractivity contribution < 1.29 is 9.53 Å². The summed E-state index contributed by atoms with van der Waals surface area (Å²) in [5, 5.41) is 6.54. The van der Waals surface area contributed by atoms with E-state index in [-0.39, 0.29) is 11.6 Å². The first-order valence-corrected chi connectivity index (χ1v) is 8.25. The van der Waals surface area contributed by atoms with Crippen molar-refractivity contribution in [1.29, 1.82) is 0 Å². The summed E-state index contributed by atoms with van der Waals surface area (Å²) in [5.74, 6) is 0.543. The monoisotopic (exact) mass is 368 g/mol. The third-order valence-electron chi connectivity index (χ3n) is 3.68. The Morgan fingerprint density at radius 2 is 1.92 bits per heavy atom. The van der Waals surface area contributed by atoms with E-state index < -0.39 is 0 Å². The van der Waals surface area contributed by atoms with E-state index >= 15 is 0 Å². The van der Waals surface area contributed by atoms with Crippen LogP contribution < -0.4 is 15.4 Å². The van der Waals surface area contributed by atoms with Gasteiger partial charge in [-0.1, -0.05) is 23.7 Å². The van der Waals surface area contributed by atoms with Gasteiger partial charge in [-0.15, -0.1) is 0 Å². The van der Waals surface area contributed by atoms with Crippen molar-refractivity contribution in [2.75, 3.05) is 17.7 Å². The molecule has 1 amide bonds. The fourth-order valence-corrected chi connectivity index (χ4v) is 2.59. The van der Waals surface area contributed by atoms with Gasteiger partial charge in [0.1, 0.15) is 11.4 Å². The molecule has 0 saturated carbocycles. The van der Waals surface area contributed by atoms with Crippen LogP contribution in [0.1, 0.15) is 16.1 Å². The fraction of sp³-hybridized carbons (Fsp3) is 0.105. The van der Waals surface area contributed by atoms with Crippen LogP contribution in [0, 0.1) is 6.92 Å². The van der Waals surface area contributed by atoms with Gasteiger partial charge in [0.25, 0.3) is 5.91 Å². The van der Waals surface area contributed by atoms with E-state index in [4.69, 9.17) is 16.3 Å². The minimum Gasteiger partial charge on any atom is -0.495 e. The fourth-order valence-electron chi connectivity index (χ4n) is 2.37. The van der Waals surface area contributed by atoms with Gasteiger partial charge in [-0.3, -0.25) is 4.79 Å². The SMILES string of the molecule is COc1ccccc1NC(=O)c1ccnc(Nc2ccc(Cl)cc2C)n1. The highest BCUT2D eigenvalue weighted by Crippen LogP contribution is 2.24. The summed E-state index contributed by atoms with van der Waals surface area (Å²) >= 11 is 5.97. The molecule has 0 saturated heterocycles. The van der Waals surface area contributed by atoms with Crippen molar-refractivity contribution in [3.63, 3.8) is 0 Å². The Hall–Kier alpha value is -3.12. The van der Waals surface area contributed by atoms with Gasteiger partial charge in [0.15, 0.2) is 0 Å². The number of para-hydroxylation sites is 2. The van der Waals surface area contributed by atoms with Gasteiger partial charge >= 0.3 is 0 Å². The first-order chi connectivity index (χ1) is 12.6. The second-order valence-electron chi connectivity index (χ2n) is 5.50. The number of anilines is 3. The quantitative estimate of drug-likeness (QED) is 0.696. The Labute approximate surface area is 156 Å². The number of nitrogens with zero attached hydrogens (tertiary/aromatic N) is 2. The summed E-state index contributed by atoms with van der Waals surface area (Å²) in [6, 6.07) is 14.2. The number of carbonyl (C=O) groups is 1. The van der Waals surface area contributed by atoms with Crippen molar-refractivity contribution in [2.24, 2.45) is 0 Å². The summed E-state index contributed by atoms with van der Waals surface area (Å²) < 4.78 is 5.24. The number of benzene rings is 2. The minimum absolute atomic E-state index is 0.236. The predicted molar refractivity (Wildman–Crippen MR) is 102 cm³/mol. The molecule has 1 aromatic heterocycles. The number of halogens is 1. The molecule has 0 aliphatic rings. The number of rotatable bonds is 5. The molecule has 0 atom stereocenters. The van der Waals surface area contributed by atoms with Gasteiger partial charge in [0.2, 0.25) is 5.95 Å². The number of aromatic nitrogens is 2. The Morgan fingerprint density at radius 1 is 1.12 bits per heavy atom. The van der Waals surface area contributed by atoms with Crippen LogP contribution in [0.5, 0.6) is 5.75 Å². The molecule has 0 unspecified atom stereocenters. The van der Waals surface area contributed by atoms with Crippen LogP contribution >= 0.6 is 11.6 Å². The average Bonchev–Trinajstić information content (AvgIpc) is 2.65. The summed E-state index contributed by atoms with van der Waals surface area (Å²) in [6.07, 6.45) is 1.53. The number of amides is 1. The number of methoxy groups -OCH3 is 1. The van der Waals surface area contributed by atoms with Crippen LogP contribution in [-0.2, 0) is 0 Å². The smallest absolute Gasteiger partial charge is 0.274 e. The molecule has 132 valence electrons. The Balaban J connectivity index is 1.79. The zero-order valence-electron chi connectivity index (χ0n) is 14.3. The lowest BCUT2D eigenvalue weighted by Gasteiger charge is -2.11. The van der Waals surface area contributed by atoms with Crippen molar-refractivity contribution >= 4 is 34.8 Å². The molecular formula is C19H17ClN4O2. The van der Waals surface area contributed by atoms with E-state index in [9.17, 15) is 4.79 Å². The number of hydrogen-bond donors (Lipinski definition) is 2. The summed E-state index contributed by atoms with van der Waals surface area (Å²) in [7, 11) is 1.55. The lowest BCUT2D eigenvalue weighted by atomic mass is 10.2. The van der Waals surface area contributed by atoms with Gasteiger partial charge in [0.05, 0.1) is 12.8 Å². The standard InChI is InChI=1S/C19H17ClN4O2/c1-12-11-13(20)7-8-14(12)23-19-21-10-9-16(24-19)18(25)22-15-5-3-4-6-17(15)26-2/h3-11H,1-2H3,(H,22,25)(H,21,23,24). The predicted octanol–water partition coefficient (Wildman–Crippen LogP) is 4.44. The number of carbonyl (C=O) groups excluding carboxylic acids is 1. The molecule has 6 nitrogen and oxygen atoms in total. The number of hydrogen-bond acceptors (Lipinski definition) is 5. The molecule has 0 aliphatic heterocycles. The molecule has 1 heterocycles. The Bertz CT molecular complexity index is 946. The molecule has 7 heteroatoms. The minimum atomic E-state index is -0.354. The van der Waals surface area contributed by atoms with Crippen LogP contribution in [0.4, 0.5) is 17.3 Å². The van der Waals surface area contributed by atoms with Gasteiger partial charge in [-0.2, -0.15) is 0 Å². The molecule has 0 bridgehead atoms. The lowest BCUT2D eigenvalue weighted by molar-refractivity contribution is 0.102. The molecule has 0 spiro atoms. The second-order valence-corrected chi connectivity index (χ2v) is 5.94. The Kier molecular flexibility index (Phi) is 5.34. The van der Waals surface area contributed by atoms with Crippen LogP contribution in [0.3, 0.4) is 0 Å². The molecule has 26 heavy (non-hydrogen) atoms. The van der Waals surface area contributed by atoms with E-state index in [2.05, 4.69) is 20.6 Å². The highest BCUT2D eigenvalue weighted by Gasteiger charge is 2.12. The summed E-state index contributed by atoms with van der Waals surface area (Å²) in [5.41, 5.74) is 2.57. The van der Waals surface area contributed by atoms with Crippen molar-refractivity contribution in [1.82, 2.24) is 9.97 Å². The third-order valence-corrected chi connectivity index (χ3v) is 3.91. The molecule has 3 aromatic rings.